The maximum absolute atomic E-state index is 3.55. The lowest BCUT2D eigenvalue weighted by Crippen LogP contribution is -2.21. The summed E-state index contributed by atoms with van der Waals surface area (Å²) >= 11 is 2.02. The van der Waals surface area contributed by atoms with Gasteiger partial charge in [0.15, 0.2) is 0 Å². The minimum Gasteiger partial charge on any atom is -0.383 e. The van der Waals surface area contributed by atoms with E-state index in [-0.39, 0.29) is 0 Å². The summed E-state index contributed by atoms with van der Waals surface area (Å²) in [7, 11) is 0. The van der Waals surface area contributed by atoms with Gasteiger partial charge in [-0.15, -0.1) is 11.8 Å². The molecule has 1 N–H and O–H groups in total. The van der Waals surface area contributed by atoms with Crippen molar-refractivity contribution in [3.63, 3.8) is 0 Å². The van der Waals surface area contributed by atoms with Gasteiger partial charge in [-0.2, -0.15) is 0 Å². The van der Waals surface area contributed by atoms with E-state index in [0.29, 0.717) is 0 Å². The molecule has 0 spiro atoms. The fraction of sp³-hybridized carbons (Fsp3) is 0.500. The van der Waals surface area contributed by atoms with E-state index in [2.05, 4.69) is 38.2 Å². The topological polar surface area (TPSA) is 12.0 Å². The lowest BCUT2D eigenvalue weighted by atomic mass is 10.1. The summed E-state index contributed by atoms with van der Waals surface area (Å²) in [5.41, 5.74) is 4.15. The predicted molar refractivity (Wildman–Crippen MR) is 64.3 cm³/mol. The first-order chi connectivity index (χ1) is 6.72. The minimum absolute atomic E-state index is 0.740. The number of thioether (sulfide) groups is 1. The molecule has 0 saturated carbocycles. The van der Waals surface area contributed by atoms with E-state index in [9.17, 15) is 0 Å². The SMILES string of the molecule is CCC1CNc2c(ccc(C)c2C)S1. The number of nitrogens with one attached hydrogen (secondary N) is 1. The molecule has 14 heavy (non-hydrogen) atoms. The van der Waals surface area contributed by atoms with E-state index in [1.165, 1.54) is 28.1 Å². The second-order valence-electron chi connectivity index (χ2n) is 3.91. The summed E-state index contributed by atoms with van der Waals surface area (Å²) in [4.78, 5) is 1.42. The summed E-state index contributed by atoms with van der Waals surface area (Å²) in [6.45, 7) is 7.74. The molecule has 1 aromatic carbocycles. The average Bonchev–Trinajstić information content (AvgIpc) is 2.23. The molecular formula is C12H17NS. The monoisotopic (exact) mass is 207 g/mol. The highest BCUT2D eigenvalue weighted by Gasteiger charge is 2.18. The summed E-state index contributed by atoms with van der Waals surface area (Å²) < 4.78 is 0. The molecule has 1 aliphatic rings. The maximum Gasteiger partial charge on any atom is 0.0511 e. The lowest BCUT2D eigenvalue weighted by molar-refractivity contribution is 0.840. The number of hydrogen-bond donors (Lipinski definition) is 1. The van der Waals surface area contributed by atoms with E-state index < -0.39 is 0 Å². The van der Waals surface area contributed by atoms with Crippen molar-refractivity contribution in [2.75, 3.05) is 11.9 Å². The molecule has 76 valence electrons. The summed E-state index contributed by atoms with van der Waals surface area (Å²) in [6.07, 6.45) is 1.24. The van der Waals surface area contributed by atoms with Crippen molar-refractivity contribution in [3.8, 4) is 0 Å². The third-order valence-corrected chi connectivity index (χ3v) is 4.38. The van der Waals surface area contributed by atoms with Crippen LogP contribution in [-0.2, 0) is 0 Å². The predicted octanol–water partition coefficient (Wildman–Crippen LogP) is 3.60. The first kappa shape index (κ1) is 9.91. The van der Waals surface area contributed by atoms with Crippen LogP contribution in [0.1, 0.15) is 24.5 Å². The van der Waals surface area contributed by atoms with Crippen molar-refractivity contribution in [2.24, 2.45) is 0 Å². The quantitative estimate of drug-likeness (QED) is 0.755. The van der Waals surface area contributed by atoms with Crippen molar-refractivity contribution < 1.29 is 0 Å². The van der Waals surface area contributed by atoms with E-state index in [1.54, 1.807) is 0 Å². The van der Waals surface area contributed by atoms with Gasteiger partial charge in [0.1, 0.15) is 0 Å². The van der Waals surface area contributed by atoms with Gasteiger partial charge in [0.25, 0.3) is 0 Å². The molecule has 0 aliphatic carbocycles. The number of anilines is 1. The van der Waals surface area contributed by atoms with E-state index >= 15 is 0 Å². The first-order valence-corrected chi connectivity index (χ1v) is 6.11. The molecule has 1 aliphatic heterocycles. The van der Waals surface area contributed by atoms with E-state index in [0.717, 1.165) is 11.8 Å². The van der Waals surface area contributed by atoms with Gasteiger partial charge in [-0.25, -0.2) is 0 Å². The Labute approximate surface area is 90.3 Å². The van der Waals surface area contributed by atoms with Crippen LogP contribution < -0.4 is 5.32 Å². The van der Waals surface area contributed by atoms with E-state index in [1.807, 2.05) is 11.8 Å². The third-order valence-electron chi connectivity index (χ3n) is 2.95. The van der Waals surface area contributed by atoms with Crippen molar-refractivity contribution >= 4 is 17.4 Å². The Bertz CT molecular complexity index is 346. The van der Waals surface area contributed by atoms with Crippen LogP contribution >= 0.6 is 11.8 Å². The maximum atomic E-state index is 3.55. The Hall–Kier alpha value is -0.630. The molecule has 0 amide bonds. The van der Waals surface area contributed by atoms with Gasteiger partial charge in [0.2, 0.25) is 0 Å². The van der Waals surface area contributed by atoms with Crippen LogP contribution in [0.2, 0.25) is 0 Å². The normalized spacial score (nSPS) is 20.1. The average molecular weight is 207 g/mol. The number of benzene rings is 1. The van der Waals surface area contributed by atoms with Crippen LogP contribution in [0, 0.1) is 13.8 Å². The second-order valence-corrected chi connectivity index (χ2v) is 5.25. The Kier molecular flexibility index (Phi) is 2.73. The Morgan fingerprint density at radius 3 is 2.93 bits per heavy atom. The highest BCUT2D eigenvalue weighted by Crippen LogP contribution is 2.38. The lowest BCUT2D eigenvalue weighted by Gasteiger charge is -2.26. The summed E-state index contributed by atoms with van der Waals surface area (Å²) in [5, 5.41) is 4.29. The standard InChI is InChI=1S/C12H17NS/c1-4-10-7-13-12-9(3)8(2)5-6-11(12)14-10/h5-6,10,13H,4,7H2,1-3H3. The minimum atomic E-state index is 0.740. The zero-order valence-corrected chi connectivity index (χ0v) is 9.87. The molecular weight excluding hydrogens is 190 g/mol. The second kappa shape index (κ2) is 3.85. The van der Waals surface area contributed by atoms with Crippen molar-refractivity contribution in [1.29, 1.82) is 0 Å². The highest BCUT2D eigenvalue weighted by atomic mass is 32.2. The zero-order chi connectivity index (χ0) is 10.1. The summed E-state index contributed by atoms with van der Waals surface area (Å²) in [6, 6.07) is 4.47. The number of hydrogen-bond acceptors (Lipinski definition) is 2. The molecule has 1 atom stereocenters. The van der Waals surface area contributed by atoms with Crippen LogP contribution in [0.5, 0.6) is 0 Å². The molecule has 0 aromatic heterocycles. The molecule has 1 nitrogen and oxygen atoms in total. The van der Waals surface area contributed by atoms with Gasteiger partial charge >= 0.3 is 0 Å². The molecule has 2 rings (SSSR count). The summed E-state index contributed by atoms with van der Waals surface area (Å²) in [5.74, 6) is 0. The van der Waals surface area contributed by atoms with Gasteiger partial charge in [0.05, 0.1) is 5.69 Å². The molecule has 1 heterocycles. The molecule has 0 saturated heterocycles. The molecule has 0 radical (unpaired) electrons. The number of aryl methyl sites for hydroxylation is 1. The van der Waals surface area contributed by atoms with E-state index in [4.69, 9.17) is 0 Å². The molecule has 1 aromatic rings. The smallest absolute Gasteiger partial charge is 0.0511 e. The molecule has 1 unspecified atom stereocenters. The van der Waals surface area contributed by atoms with Gasteiger partial charge in [-0.05, 0) is 37.5 Å². The number of rotatable bonds is 1. The zero-order valence-electron chi connectivity index (χ0n) is 9.05. The van der Waals surface area contributed by atoms with Gasteiger partial charge in [-0.3, -0.25) is 0 Å². The van der Waals surface area contributed by atoms with Crippen LogP contribution in [0.4, 0.5) is 5.69 Å². The van der Waals surface area contributed by atoms with Gasteiger partial charge in [0, 0.05) is 16.7 Å². The largest absolute Gasteiger partial charge is 0.383 e. The molecule has 0 fully saturated rings. The van der Waals surface area contributed by atoms with Gasteiger partial charge in [-0.1, -0.05) is 13.0 Å². The molecule has 0 bridgehead atoms. The van der Waals surface area contributed by atoms with Crippen LogP contribution in [0.3, 0.4) is 0 Å². The Balaban J connectivity index is 2.36. The van der Waals surface area contributed by atoms with Crippen LogP contribution in [0.15, 0.2) is 17.0 Å². The molecule has 2 heteroatoms. The first-order valence-electron chi connectivity index (χ1n) is 5.23. The third kappa shape index (κ3) is 1.63. The fourth-order valence-electron chi connectivity index (χ4n) is 1.77. The van der Waals surface area contributed by atoms with Crippen molar-refractivity contribution in [3.05, 3.63) is 23.3 Å². The van der Waals surface area contributed by atoms with Crippen molar-refractivity contribution in [2.45, 2.75) is 37.3 Å². The Morgan fingerprint density at radius 2 is 2.21 bits per heavy atom. The van der Waals surface area contributed by atoms with Gasteiger partial charge < -0.3 is 5.32 Å². The number of fused-ring (bicyclic) bond motifs is 1. The fourth-order valence-corrected chi connectivity index (χ4v) is 2.96. The van der Waals surface area contributed by atoms with Crippen molar-refractivity contribution in [1.82, 2.24) is 0 Å². The highest BCUT2D eigenvalue weighted by molar-refractivity contribution is 8.00. The van der Waals surface area contributed by atoms with Crippen LogP contribution in [0.25, 0.3) is 0 Å². The van der Waals surface area contributed by atoms with Crippen LogP contribution in [-0.4, -0.2) is 11.8 Å². The Morgan fingerprint density at radius 1 is 1.43 bits per heavy atom.